The van der Waals surface area contributed by atoms with Crippen molar-refractivity contribution < 1.29 is 4.79 Å². The molecule has 0 aliphatic carbocycles. The number of carbonyl (C=O) groups excluding carboxylic acids is 1. The van der Waals surface area contributed by atoms with Crippen molar-refractivity contribution in [2.24, 2.45) is 0 Å². The molecule has 152 valence electrons. The molecular weight excluding hydrogens is 386 g/mol. The molecule has 0 radical (unpaired) electrons. The van der Waals surface area contributed by atoms with E-state index in [1.54, 1.807) is 0 Å². The van der Waals surface area contributed by atoms with Gasteiger partial charge >= 0.3 is 0 Å². The molecule has 1 fully saturated rings. The monoisotopic (exact) mass is 411 g/mol. The smallest absolute Gasteiger partial charge is 0.274 e. The first-order chi connectivity index (χ1) is 14.1. The number of aryl methyl sites for hydroxylation is 1. The van der Waals surface area contributed by atoms with Gasteiger partial charge in [-0.25, -0.2) is 0 Å². The second kappa shape index (κ2) is 8.73. The lowest BCUT2D eigenvalue weighted by Gasteiger charge is -2.17. The highest BCUT2D eigenvalue weighted by atomic mass is 32.1. The average molecular weight is 412 g/mol. The van der Waals surface area contributed by atoms with Gasteiger partial charge in [0.05, 0.1) is 0 Å². The van der Waals surface area contributed by atoms with E-state index in [1.165, 1.54) is 40.3 Å². The van der Waals surface area contributed by atoms with E-state index in [0.717, 1.165) is 43.0 Å². The van der Waals surface area contributed by atoms with Crippen LogP contribution in [0.5, 0.6) is 0 Å². The zero-order chi connectivity index (χ0) is 20.2. The number of carbonyl (C=O) groups is 1. The van der Waals surface area contributed by atoms with Gasteiger partial charge in [0.2, 0.25) is 10.1 Å². The summed E-state index contributed by atoms with van der Waals surface area (Å²) in [7, 11) is 0. The van der Waals surface area contributed by atoms with Crippen LogP contribution in [0, 0.1) is 0 Å². The van der Waals surface area contributed by atoms with Crippen LogP contribution in [0.2, 0.25) is 0 Å². The van der Waals surface area contributed by atoms with Crippen LogP contribution in [-0.4, -0.2) is 33.6 Å². The Morgan fingerprint density at radius 3 is 2.48 bits per heavy atom. The number of rotatable bonds is 5. The first-order valence-electron chi connectivity index (χ1n) is 10.2. The number of amides is 1. The Bertz CT molecular complexity index is 1050. The Morgan fingerprint density at radius 1 is 1.10 bits per heavy atom. The predicted octanol–water partition coefficient (Wildman–Crippen LogP) is 3.02. The summed E-state index contributed by atoms with van der Waals surface area (Å²) in [6, 6.07) is 9.39. The third kappa shape index (κ3) is 4.48. The van der Waals surface area contributed by atoms with Gasteiger partial charge in [-0.15, -0.1) is 5.10 Å². The third-order valence-electron chi connectivity index (χ3n) is 5.24. The molecule has 1 aromatic carbocycles. The quantitative estimate of drug-likeness (QED) is 0.698. The maximum Gasteiger partial charge on any atom is 0.274 e. The molecule has 0 atom stereocenters. The van der Waals surface area contributed by atoms with Crippen molar-refractivity contribution in [2.75, 3.05) is 18.0 Å². The summed E-state index contributed by atoms with van der Waals surface area (Å²) < 4.78 is 1.50. The minimum absolute atomic E-state index is 0.225. The zero-order valence-corrected chi connectivity index (χ0v) is 17.4. The van der Waals surface area contributed by atoms with Gasteiger partial charge in [-0.05, 0) is 30.4 Å². The summed E-state index contributed by atoms with van der Waals surface area (Å²) in [5, 5.41) is 8.33. The number of hydrogen-bond acceptors (Lipinski definition) is 6. The van der Waals surface area contributed by atoms with Crippen molar-refractivity contribution in [1.29, 1.82) is 0 Å². The van der Waals surface area contributed by atoms with Gasteiger partial charge in [-0.1, -0.05) is 55.4 Å². The van der Waals surface area contributed by atoms with Gasteiger partial charge in [-0.2, -0.15) is 9.50 Å². The largest absolute Gasteiger partial charge is 0.347 e. The number of hydrogen-bond donors (Lipinski definition) is 1. The normalized spacial score (nSPS) is 14.7. The summed E-state index contributed by atoms with van der Waals surface area (Å²) in [6.45, 7) is 4.39. The van der Waals surface area contributed by atoms with E-state index >= 15 is 0 Å². The average Bonchev–Trinajstić information content (AvgIpc) is 2.97. The fraction of sp³-hybridized carbons (Fsp3) is 0.429. The van der Waals surface area contributed by atoms with Crippen LogP contribution in [0.3, 0.4) is 0 Å². The van der Waals surface area contributed by atoms with E-state index in [9.17, 15) is 9.59 Å². The lowest BCUT2D eigenvalue weighted by molar-refractivity contribution is 0.0943. The highest BCUT2D eigenvalue weighted by molar-refractivity contribution is 7.20. The predicted molar refractivity (Wildman–Crippen MR) is 115 cm³/mol. The minimum Gasteiger partial charge on any atom is -0.347 e. The van der Waals surface area contributed by atoms with Crippen LogP contribution in [0.4, 0.5) is 5.13 Å². The van der Waals surface area contributed by atoms with Crippen molar-refractivity contribution in [3.63, 3.8) is 0 Å². The molecule has 0 spiro atoms. The molecule has 1 N–H and O–H groups in total. The molecule has 29 heavy (non-hydrogen) atoms. The molecule has 3 heterocycles. The van der Waals surface area contributed by atoms with E-state index in [4.69, 9.17) is 0 Å². The highest BCUT2D eigenvalue weighted by Gasteiger charge is 2.19. The molecule has 4 rings (SSSR count). The molecular formula is C21H25N5O2S. The Kier molecular flexibility index (Phi) is 5.89. The third-order valence-corrected chi connectivity index (χ3v) is 6.21. The lowest BCUT2D eigenvalue weighted by Crippen LogP contribution is -2.28. The Labute approximate surface area is 173 Å². The van der Waals surface area contributed by atoms with E-state index < -0.39 is 5.56 Å². The number of fused-ring (bicyclic) bond motifs is 1. The lowest BCUT2D eigenvalue weighted by atomic mass is 10.1. The van der Waals surface area contributed by atoms with Crippen LogP contribution in [0.15, 0.2) is 35.1 Å². The summed E-state index contributed by atoms with van der Waals surface area (Å²) >= 11 is 1.36. The molecule has 0 bridgehead atoms. The highest BCUT2D eigenvalue weighted by Crippen LogP contribution is 2.25. The molecule has 0 unspecified atom stereocenters. The molecule has 1 saturated heterocycles. The molecule has 1 aliphatic rings. The van der Waals surface area contributed by atoms with Crippen molar-refractivity contribution in [1.82, 2.24) is 19.9 Å². The maximum absolute atomic E-state index is 12.8. The van der Waals surface area contributed by atoms with Crippen LogP contribution in [0.25, 0.3) is 4.96 Å². The molecule has 1 aliphatic heterocycles. The van der Waals surface area contributed by atoms with Crippen LogP contribution in [-0.2, 0) is 13.0 Å². The summed E-state index contributed by atoms with van der Waals surface area (Å²) in [4.78, 5) is 31.6. The number of anilines is 1. The fourth-order valence-electron chi connectivity index (χ4n) is 3.52. The molecule has 0 saturated carbocycles. The van der Waals surface area contributed by atoms with Gasteiger partial charge in [0.15, 0.2) is 0 Å². The Hall–Kier alpha value is -2.74. The van der Waals surface area contributed by atoms with E-state index in [2.05, 4.69) is 39.4 Å². The summed E-state index contributed by atoms with van der Waals surface area (Å²) in [6.07, 6.45) is 5.69. The topological polar surface area (TPSA) is 79.6 Å². The molecule has 7 nitrogen and oxygen atoms in total. The van der Waals surface area contributed by atoms with Gasteiger partial charge in [0.1, 0.15) is 5.69 Å². The van der Waals surface area contributed by atoms with Crippen molar-refractivity contribution in [3.8, 4) is 0 Å². The number of nitrogens with zero attached hydrogens (tertiary/aromatic N) is 4. The van der Waals surface area contributed by atoms with Crippen molar-refractivity contribution in [2.45, 2.75) is 45.6 Å². The van der Waals surface area contributed by atoms with Crippen molar-refractivity contribution in [3.05, 3.63) is 57.5 Å². The van der Waals surface area contributed by atoms with E-state index in [0.29, 0.717) is 11.5 Å². The van der Waals surface area contributed by atoms with Crippen LogP contribution in [0.1, 0.15) is 54.2 Å². The number of benzene rings is 1. The van der Waals surface area contributed by atoms with Crippen molar-refractivity contribution >= 4 is 27.3 Å². The van der Waals surface area contributed by atoms with E-state index in [-0.39, 0.29) is 11.6 Å². The number of aromatic nitrogens is 3. The van der Waals surface area contributed by atoms with Gasteiger partial charge < -0.3 is 10.2 Å². The fourth-order valence-corrected chi connectivity index (χ4v) is 4.48. The summed E-state index contributed by atoms with van der Waals surface area (Å²) in [5.41, 5.74) is 2.07. The molecule has 8 heteroatoms. The second-order valence-corrected chi connectivity index (χ2v) is 8.25. The van der Waals surface area contributed by atoms with Crippen LogP contribution >= 0.6 is 11.3 Å². The SMILES string of the molecule is CCc1ccc(CNC(=O)c2cc(=O)nc3sc(N4CCCCCC4)nn23)cc1. The standard InChI is InChI=1S/C21H25N5O2S/c1-2-15-7-9-16(10-8-15)14-22-19(28)17-13-18(27)23-20-26(17)24-21(29-20)25-11-5-3-4-6-12-25/h7-10,13H,2-6,11-12,14H2,1H3,(H,22,28). The Morgan fingerprint density at radius 2 is 1.79 bits per heavy atom. The minimum atomic E-state index is -0.423. The van der Waals surface area contributed by atoms with Gasteiger partial charge in [-0.3, -0.25) is 9.59 Å². The van der Waals surface area contributed by atoms with Gasteiger partial charge in [0.25, 0.3) is 11.5 Å². The zero-order valence-electron chi connectivity index (χ0n) is 16.6. The Balaban J connectivity index is 1.56. The van der Waals surface area contributed by atoms with Crippen LogP contribution < -0.4 is 15.8 Å². The van der Waals surface area contributed by atoms with E-state index in [1.807, 2.05) is 12.1 Å². The maximum atomic E-state index is 12.8. The second-order valence-electron chi connectivity index (χ2n) is 7.31. The first kappa shape index (κ1) is 19.6. The van der Waals surface area contributed by atoms with Gasteiger partial charge in [0, 0.05) is 25.7 Å². The first-order valence-corrected chi connectivity index (χ1v) is 11.0. The molecule has 2 aromatic heterocycles. The number of nitrogens with one attached hydrogen (secondary N) is 1. The molecule has 3 aromatic rings. The molecule has 1 amide bonds. The summed E-state index contributed by atoms with van der Waals surface area (Å²) in [5.74, 6) is -0.327.